The monoisotopic (exact) mass is 262 g/mol. The first-order valence-electron chi connectivity index (χ1n) is 5.73. The first-order valence-corrected chi connectivity index (χ1v) is 6.14. The quantitative estimate of drug-likeness (QED) is 0.635. The van der Waals surface area contributed by atoms with Crippen LogP contribution in [0.1, 0.15) is 26.3 Å². The van der Waals surface area contributed by atoms with Crippen molar-refractivity contribution in [2.75, 3.05) is 0 Å². The second kappa shape index (κ2) is 6.31. The van der Waals surface area contributed by atoms with E-state index in [1.54, 1.807) is 6.08 Å². The Bertz CT molecular complexity index is 447. The molecule has 0 saturated carbocycles. The molecule has 0 aromatic heterocycles. The normalized spacial score (nSPS) is 11.3. The Kier molecular flexibility index (Phi) is 5.04. The number of hydrogen-bond donors (Lipinski definition) is 2. The molecule has 0 unspecified atom stereocenters. The van der Waals surface area contributed by atoms with E-state index in [0.717, 1.165) is 5.56 Å². The highest BCUT2D eigenvalue weighted by Gasteiger charge is 2.11. The fourth-order valence-corrected chi connectivity index (χ4v) is 1.67. The Morgan fingerprint density at radius 2 is 1.83 bits per heavy atom. The van der Waals surface area contributed by atoms with Gasteiger partial charge in [0.2, 0.25) is 5.91 Å². The molecule has 0 saturated heterocycles. The molecule has 0 aliphatic carbocycles. The molecule has 1 aromatic rings. The summed E-state index contributed by atoms with van der Waals surface area (Å²) in [5.41, 5.74) is 0.815. The highest BCUT2D eigenvalue weighted by molar-refractivity contribution is 7.80. The fourth-order valence-electron chi connectivity index (χ4n) is 1.26. The van der Waals surface area contributed by atoms with E-state index in [9.17, 15) is 4.79 Å². The van der Waals surface area contributed by atoms with E-state index in [1.165, 1.54) is 6.08 Å². The number of hydrogen-bond acceptors (Lipinski definition) is 2. The van der Waals surface area contributed by atoms with Gasteiger partial charge in [-0.3, -0.25) is 10.1 Å². The van der Waals surface area contributed by atoms with Gasteiger partial charge in [0.15, 0.2) is 5.11 Å². The van der Waals surface area contributed by atoms with Gasteiger partial charge >= 0.3 is 0 Å². The number of thiocarbonyl (C=S) groups is 1. The zero-order valence-electron chi connectivity index (χ0n) is 10.9. The average Bonchev–Trinajstić information content (AvgIpc) is 2.25. The van der Waals surface area contributed by atoms with Gasteiger partial charge in [-0.25, -0.2) is 0 Å². The number of benzene rings is 1. The zero-order valence-corrected chi connectivity index (χ0v) is 11.7. The molecule has 4 heteroatoms. The Hall–Kier alpha value is -1.68. The second-order valence-electron chi connectivity index (χ2n) is 4.94. The minimum Gasteiger partial charge on any atom is -0.358 e. The molecule has 0 spiro atoms. The zero-order chi connectivity index (χ0) is 13.6. The SMILES string of the molecule is CC(C)(C)NC(=S)NC(=O)/C=C/c1ccccc1. The van der Waals surface area contributed by atoms with Crippen molar-refractivity contribution in [1.29, 1.82) is 0 Å². The molecule has 0 radical (unpaired) electrons. The van der Waals surface area contributed by atoms with Crippen LogP contribution >= 0.6 is 12.2 Å². The molecule has 0 bridgehead atoms. The van der Waals surface area contributed by atoms with E-state index in [1.807, 2.05) is 51.1 Å². The van der Waals surface area contributed by atoms with Crippen LogP contribution in [-0.4, -0.2) is 16.6 Å². The molecule has 0 heterocycles. The summed E-state index contributed by atoms with van der Waals surface area (Å²) in [5.74, 6) is -0.236. The van der Waals surface area contributed by atoms with Crippen molar-refractivity contribution in [3.05, 3.63) is 42.0 Å². The fraction of sp³-hybridized carbons (Fsp3) is 0.286. The van der Waals surface area contributed by atoms with E-state index >= 15 is 0 Å². The first kappa shape index (κ1) is 14.4. The van der Waals surface area contributed by atoms with Gasteiger partial charge in [-0.1, -0.05) is 30.3 Å². The number of carbonyl (C=O) groups excluding carboxylic acids is 1. The number of rotatable bonds is 2. The lowest BCUT2D eigenvalue weighted by Gasteiger charge is -2.22. The van der Waals surface area contributed by atoms with Crippen molar-refractivity contribution < 1.29 is 4.79 Å². The van der Waals surface area contributed by atoms with Crippen LogP contribution in [0.4, 0.5) is 0 Å². The predicted octanol–water partition coefficient (Wildman–Crippen LogP) is 2.49. The van der Waals surface area contributed by atoms with Gasteiger partial charge in [0.1, 0.15) is 0 Å². The standard InChI is InChI=1S/C14H18N2OS/c1-14(2,3)16-13(18)15-12(17)10-9-11-7-5-4-6-8-11/h4-10H,1-3H3,(H2,15,16,17,18)/b10-9+. The molecule has 18 heavy (non-hydrogen) atoms. The van der Waals surface area contributed by atoms with Crippen LogP contribution in [-0.2, 0) is 4.79 Å². The van der Waals surface area contributed by atoms with Crippen molar-refractivity contribution in [3.8, 4) is 0 Å². The second-order valence-corrected chi connectivity index (χ2v) is 5.35. The van der Waals surface area contributed by atoms with Gasteiger partial charge in [0, 0.05) is 11.6 Å². The summed E-state index contributed by atoms with van der Waals surface area (Å²) in [5, 5.41) is 5.95. The first-order chi connectivity index (χ1) is 8.37. The van der Waals surface area contributed by atoms with E-state index in [4.69, 9.17) is 12.2 Å². The molecule has 1 aromatic carbocycles. The summed E-state index contributed by atoms with van der Waals surface area (Å²) < 4.78 is 0. The summed E-state index contributed by atoms with van der Waals surface area (Å²) in [6, 6.07) is 9.62. The maximum Gasteiger partial charge on any atom is 0.250 e. The summed E-state index contributed by atoms with van der Waals surface area (Å²) in [6.45, 7) is 5.93. The van der Waals surface area contributed by atoms with Gasteiger partial charge < -0.3 is 5.32 Å². The highest BCUT2D eigenvalue weighted by atomic mass is 32.1. The lowest BCUT2D eigenvalue weighted by atomic mass is 10.1. The Morgan fingerprint density at radius 3 is 2.39 bits per heavy atom. The van der Waals surface area contributed by atoms with Crippen LogP contribution in [0.5, 0.6) is 0 Å². The van der Waals surface area contributed by atoms with E-state index in [0.29, 0.717) is 5.11 Å². The number of nitrogens with one attached hydrogen (secondary N) is 2. The third kappa shape index (κ3) is 6.15. The topological polar surface area (TPSA) is 41.1 Å². The van der Waals surface area contributed by atoms with Crippen molar-refractivity contribution in [2.24, 2.45) is 0 Å². The van der Waals surface area contributed by atoms with Crippen molar-refractivity contribution in [1.82, 2.24) is 10.6 Å². The Morgan fingerprint density at radius 1 is 1.22 bits per heavy atom. The van der Waals surface area contributed by atoms with Gasteiger partial charge in [-0.2, -0.15) is 0 Å². The van der Waals surface area contributed by atoms with Crippen LogP contribution in [0.2, 0.25) is 0 Å². The maximum atomic E-state index is 11.6. The van der Waals surface area contributed by atoms with Gasteiger partial charge in [-0.05, 0) is 44.6 Å². The molecular weight excluding hydrogens is 244 g/mol. The summed E-state index contributed by atoms with van der Waals surface area (Å²) >= 11 is 5.03. The van der Waals surface area contributed by atoms with Crippen LogP contribution in [0.15, 0.2) is 36.4 Å². The average molecular weight is 262 g/mol. The van der Waals surface area contributed by atoms with Crippen molar-refractivity contribution >= 4 is 29.3 Å². The molecule has 0 fully saturated rings. The van der Waals surface area contributed by atoms with Crippen LogP contribution in [0.25, 0.3) is 6.08 Å². The molecule has 0 atom stereocenters. The summed E-state index contributed by atoms with van der Waals surface area (Å²) in [6.07, 6.45) is 3.21. The molecule has 0 aliphatic heterocycles. The minimum absolute atomic E-state index is 0.159. The molecule has 1 amide bonds. The Labute approximate surface area is 113 Å². The lowest BCUT2D eigenvalue weighted by molar-refractivity contribution is -0.115. The molecule has 0 aliphatic rings. The van der Waals surface area contributed by atoms with Gasteiger partial charge in [0.05, 0.1) is 0 Å². The van der Waals surface area contributed by atoms with Gasteiger partial charge in [0.25, 0.3) is 0 Å². The third-order valence-corrected chi connectivity index (χ3v) is 2.16. The largest absolute Gasteiger partial charge is 0.358 e. The van der Waals surface area contributed by atoms with E-state index < -0.39 is 0 Å². The Balaban J connectivity index is 2.47. The van der Waals surface area contributed by atoms with Gasteiger partial charge in [-0.15, -0.1) is 0 Å². The third-order valence-electron chi connectivity index (χ3n) is 1.95. The van der Waals surface area contributed by atoms with E-state index in [2.05, 4.69) is 10.6 Å². The van der Waals surface area contributed by atoms with Crippen molar-refractivity contribution in [3.63, 3.8) is 0 Å². The number of carbonyl (C=O) groups is 1. The molecular formula is C14H18N2OS. The minimum atomic E-state index is -0.236. The smallest absolute Gasteiger partial charge is 0.250 e. The number of amides is 1. The van der Waals surface area contributed by atoms with Crippen LogP contribution in [0.3, 0.4) is 0 Å². The van der Waals surface area contributed by atoms with E-state index in [-0.39, 0.29) is 11.4 Å². The maximum absolute atomic E-state index is 11.6. The highest BCUT2D eigenvalue weighted by Crippen LogP contribution is 2.01. The van der Waals surface area contributed by atoms with Crippen LogP contribution in [0, 0.1) is 0 Å². The van der Waals surface area contributed by atoms with Crippen molar-refractivity contribution in [2.45, 2.75) is 26.3 Å². The lowest BCUT2D eigenvalue weighted by Crippen LogP contribution is -2.47. The molecule has 2 N–H and O–H groups in total. The molecule has 96 valence electrons. The summed E-state index contributed by atoms with van der Waals surface area (Å²) in [4.78, 5) is 11.6. The molecule has 3 nitrogen and oxygen atoms in total. The predicted molar refractivity (Wildman–Crippen MR) is 79.1 cm³/mol. The summed E-state index contributed by atoms with van der Waals surface area (Å²) in [7, 11) is 0. The van der Waals surface area contributed by atoms with Crippen LogP contribution < -0.4 is 10.6 Å². The molecule has 1 rings (SSSR count).